The molecule has 0 aliphatic carbocycles. The molecule has 0 unspecified atom stereocenters. The Kier molecular flexibility index (Phi) is 5.42. The van der Waals surface area contributed by atoms with Gasteiger partial charge >= 0.3 is 0 Å². The van der Waals surface area contributed by atoms with Gasteiger partial charge in [-0.2, -0.15) is 0 Å². The summed E-state index contributed by atoms with van der Waals surface area (Å²) in [4.78, 5) is 0.298. The number of sulfonamides is 1. The molecule has 2 aromatic rings. The van der Waals surface area contributed by atoms with Gasteiger partial charge in [-0.1, -0.05) is 38.1 Å². The van der Waals surface area contributed by atoms with Crippen LogP contribution >= 0.6 is 0 Å². The molecule has 0 bridgehead atoms. The highest BCUT2D eigenvalue weighted by Crippen LogP contribution is 2.31. The Bertz CT molecular complexity index is 741. The van der Waals surface area contributed by atoms with Gasteiger partial charge in [0.05, 0.1) is 11.5 Å². The van der Waals surface area contributed by atoms with Crippen molar-refractivity contribution in [3.63, 3.8) is 0 Å². The largest absolute Gasteiger partial charge is 0.493 e. The minimum atomic E-state index is -3.54. The number of ether oxygens (including phenoxy) is 1. The highest BCUT2D eigenvalue weighted by atomic mass is 32.2. The zero-order valence-electron chi connectivity index (χ0n) is 13.3. The lowest BCUT2D eigenvalue weighted by molar-refractivity contribution is 0.321. The molecule has 0 fully saturated rings. The van der Waals surface area contributed by atoms with Gasteiger partial charge in [-0.3, -0.25) is 0 Å². The van der Waals surface area contributed by atoms with Crippen LogP contribution < -0.4 is 9.46 Å². The van der Waals surface area contributed by atoms with Gasteiger partial charge in [-0.15, -0.1) is 0 Å². The zero-order valence-corrected chi connectivity index (χ0v) is 14.1. The third-order valence-corrected chi connectivity index (χ3v) is 5.21. The summed E-state index contributed by atoms with van der Waals surface area (Å²) in [5.74, 6) is 0.722. The van der Waals surface area contributed by atoms with Crippen molar-refractivity contribution in [1.82, 2.24) is 4.72 Å². The highest BCUT2D eigenvalue weighted by molar-refractivity contribution is 7.89. The fourth-order valence-corrected chi connectivity index (χ4v) is 3.77. The second kappa shape index (κ2) is 7.11. The van der Waals surface area contributed by atoms with Crippen molar-refractivity contribution < 1.29 is 13.2 Å². The maximum Gasteiger partial charge on any atom is 0.241 e. The summed E-state index contributed by atoms with van der Waals surface area (Å²) < 4.78 is 33.6. The molecule has 2 aromatic carbocycles. The van der Waals surface area contributed by atoms with E-state index in [-0.39, 0.29) is 6.04 Å². The Labute approximate surface area is 132 Å². The predicted molar refractivity (Wildman–Crippen MR) is 89.8 cm³/mol. The van der Waals surface area contributed by atoms with E-state index in [1.165, 1.54) is 0 Å². The first kappa shape index (κ1) is 16.8. The number of nitrogens with one attached hydrogen (secondary N) is 1. The van der Waals surface area contributed by atoms with Crippen LogP contribution in [-0.2, 0) is 10.0 Å². The van der Waals surface area contributed by atoms with E-state index in [1.54, 1.807) is 12.1 Å². The second-order valence-electron chi connectivity index (χ2n) is 5.39. The lowest BCUT2D eigenvalue weighted by atomic mass is 10.1. The molecular formula is C17H23NO3S. The molecule has 0 saturated carbocycles. The van der Waals surface area contributed by atoms with Gasteiger partial charge in [0.2, 0.25) is 10.0 Å². The minimum absolute atomic E-state index is 0.0974. The number of benzene rings is 2. The summed E-state index contributed by atoms with van der Waals surface area (Å²) in [6.07, 6.45) is 1.65. The van der Waals surface area contributed by atoms with Crippen molar-refractivity contribution in [1.29, 1.82) is 0 Å². The lowest BCUT2D eigenvalue weighted by Crippen LogP contribution is -2.32. The molecule has 1 N–H and O–H groups in total. The third kappa shape index (κ3) is 3.59. The molecule has 0 aliphatic rings. The Morgan fingerprint density at radius 3 is 2.41 bits per heavy atom. The van der Waals surface area contributed by atoms with Crippen molar-refractivity contribution in [3.8, 4) is 5.75 Å². The zero-order chi connectivity index (χ0) is 16.2. The van der Waals surface area contributed by atoms with E-state index in [0.717, 1.165) is 24.0 Å². The van der Waals surface area contributed by atoms with Crippen LogP contribution in [0, 0.1) is 0 Å². The standard InChI is InChI=1S/C17H23NO3S/c1-4-12-21-16-10-11-17(15-9-7-6-8-14(15)16)22(19,20)18-13(3)5-2/h6-11,13,18H,4-5,12H2,1-3H3/t13-/m0/s1. The molecule has 0 aliphatic heterocycles. The van der Waals surface area contributed by atoms with Crippen LogP contribution in [0.15, 0.2) is 41.3 Å². The molecule has 5 heteroatoms. The topological polar surface area (TPSA) is 55.4 Å². The van der Waals surface area contributed by atoms with Gasteiger partial charge in [0, 0.05) is 16.8 Å². The Balaban J connectivity index is 2.52. The van der Waals surface area contributed by atoms with Crippen molar-refractivity contribution in [2.24, 2.45) is 0 Å². The smallest absolute Gasteiger partial charge is 0.241 e. The maximum absolute atomic E-state index is 12.6. The van der Waals surface area contributed by atoms with E-state index >= 15 is 0 Å². The maximum atomic E-state index is 12.6. The average molecular weight is 321 g/mol. The molecule has 0 saturated heterocycles. The van der Waals surface area contributed by atoms with Gasteiger partial charge in [0.25, 0.3) is 0 Å². The summed E-state index contributed by atoms with van der Waals surface area (Å²) in [6.45, 7) is 6.46. The average Bonchev–Trinajstić information content (AvgIpc) is 2.51. The number of rotatable bonds is 7. The fraction of sp³-hybridized carbons (Fsp3) is 0.412. The molecule has 120 valence electrons. The number of hydrogen-bond acceptors (Lipinski definition) is 3. The SMILES string of the molecule is CCCOc1ccc(S(=O)(=O)N[C@@H](C)CC)c2ccccc12. The number of fused-ring (bicyclic) bond motifs is 1. The van der Waals surface area contributed by atoms with Crippen LogP contribution in [0.25, 0.3) is 10.8 Å². The van der Waals surface area contributed by atoms with Crippen molar-refractivity contribution in [2.45, 2.75) is 44.6 Å². The van der Waals surface area contributed by atoms with Crippen LogP contribution in [0.1, 0.15) is 33.6 Å². The second-order valence-corrected chi connectivity index (χ2v) is 7.07. The molecule has 22 heavy (non-hydrogen) atoms. The van der Waals surface area contributed by atoms with Gasteiger partial charge in [-0.25, -0.2) is 13.1 Å². The van der Waals surface area contributed by atoms with E-state index in [9.17, 15) is 8.42 Å². The summed E-state index contributed by atoms with van der Waals surface area (Å²) >= 11 is 0. The molecule has 1 atom stereocenters. The van der Waals surface area contributed by atoms with Crippen molar-refractivity contribution in [2.75, 3.05) is 6.61 Å². The normalized spacial score (nSPS) is 13.2. The van der Waals surface area contributed by atoms with Gasteiger partial charge < -0.3 is 4.74 Å². The van der Waals surface area contributed by atoms with E-state index in [1.807, 2.05) is 45.0 Å². The summed E-state index contributed by atoms with van der Waals surface area (Å²) in [6, 6.07) is 10.7. The van der Waals surface area contributed by atoms with Gasteiger partial charge in [0.15, 0.2) is 0 Å². The summed E-state index contributed by atoms with van der Waals surface area (Å²) in [7, 11) is -3.54. The molecule has 4 nitrogen and oxygen atoms in total. The Hall–Kier alpha value is -1.59. The summed E-state index contributed by atoms with van der Waals surface area (Å²) in [5.41, 5.74) is 0. The molecule has 0 heterocycles. The quantitative estimate of drug-likeness (QED) is 0.846. The monoisotopic (exact) mass is 321 g/mol. The van der Waals surface area contributed by atoms with Crippen LogP contribution in [0.2, 0.25) is 0 Å². The predicted octanol–water partition coefficient (Wildman–Crippen LogP) is 3.71. The van der Waals surface area contributed by atoms with Crippen LogP contribution in [0.4, 0.5) is 0 Å². The molecule has 0 spiro atoms. The molecule has 2 rings (SSSR count). The van der Waals surface area contributed by atoms with Gasteiger partial charge in [0.1, 0.15) is 5.75 Å². The van der Waals surface area contributed by atoms with Gasteiger partial charge in [-0.05, 0) is 31.9 Å². The molecule has 0 aromatic heterocycles. The molecule has 0 radical (unpaired) electrons. The lowest BCUT2D eigenvalue weighted by Gasteiger charge is -2.15. The molecule has 0 amide bonds. The van der Waals surface area contributed by atoms with E-state index in [2.05, 4.69) is 4.72 Å². The first-order valence-electron chi connectivity index (χ1n) is 7.66. The van der Waals surface area contributed by atoms with Crippen molar-refractivity contribution in [3.05, 3.63) is 36.4 Å². The minimum Gasteiger partial charge on any atom is -0.493 e. The van der Waals surface area contributed by atoms with E-state index in [0.29, 0.717) is 16.9 Å². The summed E-state index contributed by atoms with van der Waals surface area (Å²) in [5, 5.41) is 1.51. The third-order valence-electron chi connectivity index (χ3n) is 3.56. The number of hydrogen-bond donors (Lipinski definition) is 1. The van der Waals surface area contributed by atoms with Crippen LogP contribution in [-0.4, -0.2) is 21.1 Å². The first-order chi connectivity index (χ1) is 10.5. The Morgan fingerprint density at radius 2 is 1.77 bits per heavy atom. The van der Waals surface area contributed by atoms with Crippen molar-refractivity contribution >= 4 is 20.8 Å². The van der Waals surface area contributed by atoms with E-state index in [4.69, 9.17) is 4.74 Å². The first-order valence-corrected chi connectivity index (χ1v) is 9.14. The fourth-order valence-electron chi connectivity index (χ4n) is 2.23. The van der Waals surface area contributed by atoms with Crippen LogP contribution in [0.3, 0.4) is 0 Å². The Morgan fingerprint density at radius 1 is 1.09 bits per heavy atom. The highest BCUT2D eigenvalue weighted by Gasteiger charge is 2.20. The van der Waals surface area contributed by atoms with Crippen LogP contribution in [0.5, 0.6) is 5.75 Å². The van der Waals surface area contributed by atoms with E-state index < -0.39 is 10.0 Å². The molecular weight excluding hydrogens is 298 g/mol.